The lowest BCUT2D eigenvalue weighted by Gasteiger charge is -2.34. The second kappa shape index (κ2) is 14.4. The third kappa shape index (κ3) is 7.52. The molecular formula is C33H35N3O6S. The third-order valence-corrected chi connectivity index (χ3v) is 8.74. The number of methoxy groups -OCH3 is 2. The smallest absolute Gasteiger partial charge is 0.264 e. The number of nitrogens with one attached hydrogen (secondary N) is 1. The molecular weight excluding hydrogens is 566 g/mol. The first kappa shape index (κ1) is 31.1. The van der Waals surface area contributed by atoms with Gasteiger partial charge in [0, 0.05) is 20.0 Å². The van der Waals surface area contributed by atoms with Crippen molar-refractivity contribution in [1.82, 2.24) is 10.2 Å². The third-order valence-electron chi connectivity index (χ3n) is 6.97. The second-order valence-electron chi connectivity index (χ2n) is 9.69. The van der Waals surface area contributed by atoms with E-state index in [0.29, 0.717) is 11.3 Å². The predicted molar refractivity (Wildman–Crippen MR) is 166 cm³/mol. The van der Waals surface area contributed by atoms with Gasteiger partial charge in [-0.3, -0.25) is 13.9 Å². The molecule has 1 N–H and O–H groups in total. The Balaban J connectivity index is 1.81. The van der Waals surface area contributed by atoms with E-state index in [2.05, 4.69) is 5.32 Å². The molecule has 1 unspecified atom stereocenters. The number of carbonyl (C=O) groups is 2. The maximum atomic E-state index is 14.4. The molecule has 0 bridgehead atoms. The summed E-state index contributed by atoms with van der Waals surface area (Å²) in [6.07, 6.45) is 0.219. The fourth-order valence-corrected chi connectivity index (χ4v) is 6.20. The molecule has 1 atom stereocenters. The van der Waals surface area contributed by atoms with E-state index in [9.17, 15) is 18.0 Å². The molecule has 4 rings (SSSR count). The molecule has 0 aliphatic heterocycles. The first-order valence-corrected chi connectivity index (χ1v) is 15.1. The highest BCUT2D eigenvalue weighted by molar-refractivity contribution is 7.92. The summed E-state index contributed by atoms with van der Waals surface area (Å²) in [7, 11) is 0.267. The summed E-state index contributed by atoms with van der Waals surface area (Å²) in [4.78, 5) is 29.2. The van der Waals surface area contributed by atoms with Crippen molar-refractivity contribution in [1.29, 1.82) is 0 Å². The molecule has 224 valence electrons. The van der Waals surface area contributed by atoms with Gasteiger partial charge in [0.2, 0.25) is 11.8 Å². The molecule has 4 aromatic carbocycles. The zero-order chi connectivity index (χ0) is 30.8. The molecule has 9 nitrogen and oxygen atoms in total. The van der Waals surface area contributed by atoms with Crippen molar-refractivity contribution >= 4 is 27.5 Å². The van der Waals surface area contributed by atoms with Crippen LogP contribution in [-0.4, -0.2) is 59.0 Å². The molecule has 2 amide bonds. The van der Waals surface area contributed by atoms with Crippen LogP contribution in [0.25, 0.3) is 0 Å². The molecule has 10 heteroatoms. The van der Waals surface area contributed by atoms with Crippen molar-refractivity contribution in [3.63, 3.8) is 0 Å². The SMILES string of the molecule is CNC(=O)C(Cc1ccccc1)N(Cc1cccc(OC)c1)C(=O)CN(c1ccccc1OC)S(=O)(=O)c1ccccc1. The van der Waals surface area contributed by atoms with E-state index in [-0.39, 0.29) is 35.2 Å². The van der Waals surface area contributed by atoms with Crippen molar-refractivity contribution in [2.24, 2.45) is 0 Å². The normalized spacial score (nSPS) is 11.7. The Labute approximate surface area is 252 Å². The molecule has 0 saturated heterocycles. The topological polar surface area (TPSA) is 105 Å². The van der Waals surface area contributed by atoms with Crippen LogP contribution in [0.4, 0.5) is 5.69 Å². The fraction of sp³-hybridized carbons (Fsp3) is 0.212. The van der Waals surface area contributed by atoms with Gasteiger partial charge in [0.1, 0.15) is 24.1 Å². The minimum Gasteiger partial charge on any atom is -0.497 e. The molecule has 0 saturated carbocycles. The lowest BCUT2D eigenvalue weighted by atomic mass is 10.0. The Hall–Kier alpha value is -4.83. The van der Waals surface area contributed by atoms with Crippen LogP contribution in [0.5, 0.6) is 11.5 Å². The van der Waals surface area contributed by atoms with Gasteiger partial charge in [-0.2, -0.15) is 0 Å². The Bertz CT molecular complexity index is 1630. The highest BCUT2D eigenvalue weighted by atomic mass is 32.2. The van der Waals surface area contributed by atoms with E-state index in [1.165, 1.54) is 31.2 Å². The largest absolute Gasteiger partial charge is 0.497 e. The first-order valence-electron chi connectivity index (χ1n) is 13.7. The van der Waals surface area contributed by atoms with Crippen molar-refractivity contribution in [2.75, 3.05) is 32.1 Å². The highest BCUT2D eigenvalue weighted by Gasteiger charge is 2.35. The van der Waals surface area contributed by atoms with E-state index in [4.69, 9.17) is 9.47 Å². The lowest BCUT2D eigenvalue weighted by molar-refractivity contribution is -0.139. The zero-order valence-corrected chi connectivity index (χ0v) is 25.2. The number of carbonyl (C=O) groups excluding carboxylic acids is 2. The van der Waals surface area contributed by atoms with Gasteiger partial charge in [-0.05, 0) is 47.5 Å². The van der Waals surface area contributed by atoms with Crippen LogP contribution >= 0.6 is 0 Å². The Morgan fingerprint density at radius 3 is 2.07 bits per heavy atom. The Morgan fingerprint density at radius 2 is 1.42 bits per heavy atom. The van der Waals surface area contributed by atoms with Crippen LogP contribution in [0.2, 0.25) is 0 Å². The molecule has 4 aromatic rings. The molecule has 0 aliphatic rings. The molecule has 0 aliphatic carbocycles. The van der Waals surface area contributed by atoms with Gasteiger partial charge in [-0.15, -0.1) is 0 Å². The monoisotopic (exact) mass is 601 g/mol. The molecule has 0 heterocycles. The number of sulfonamides is 1. The number of amides is 2. The van der Waals surface area contributed by atoms with Crippen molar-refractivity contribution in [3.05, 3.63) is 120 Å². The minimum absolute atomic E-state index is 0.0141. The number of rotatable bonds is 13. The van der Waals surface area contributed by atoms with E-state index < -0.39 is 28.5 Å². The van der Waals surface area contributed by atoms with Crippen molar-refractivity contribution in [2.45, 2.75) is 23.9 Å². The molecule has 43 heavy (non-hydrogen) atoms. The van der Waals surface area contributed by atoms with E-state index >= 15 is 0 Å². The summed E-state index contributed by atoms with van der Waals surface area (Å²) in [5.74, 6) is -0.0827. The maximum absolute atomic E-state index is 14.4. The van der Waals surface area contributed by atoms with Crippen LogP contribution < -0.4 is 19.1 Å². The second-order valence-corrected chi connectivity index (χ2v) is 11.6. The number of hydrogen-bond acceptors (Lipinski definition) is 6. The number of hydrogen-bond donors (Lipinski definition) is 1. The van der Waals surface area contributed by atoms with Crippen molar-refractivity contribution in [3.8, 4) is 11.5 Å². The summed E-state index contributed by atoms with van der Waals surface area (Å²) in [5, 5.41) is 2.68. The average Bonchev–Trinajstić information content (AvgIpc) is 3.05. The van der Waals surface area contributed by atoms with Crippen LogP contribution in [0, 0.1) is 0 Å². The molecule has 0 fully saturated rings. The average molecular weight is 602 g/mol. The highest BCUT2D eigenvalue weighted by Crippen LogP contribution is 2.32. The summed E-state index contributed by atoms with van der Waals surface area (Å²) >= 11 is 0. The standard InChI is InChI=1S/C33H35N3O6S/c1-34-33(38)30(22-25-13-6-4-7-14-25)35(23-26-15-12-16-27(21-26)41-2)32(37)24-36(29-19-10-11-20-31(29)42-3)43(39,40)28-17-8-5-9-18-28/h4-21,30H,22-24H2,1-3H3,(H,34,38). The summed E-state index contributed by atoms with van der Waals surface area (Å²) in [6.45, 7) is -0.546. The number of anilines is 1. The van der Waals surface area contributed by atoms with Crippen LogP contribution in [0.3, 0.4) is 0 Å². The van der Waals surface area contributed by atoms with Crippen molar-refractivity contribution < 1.29 is 27.5 Å². The number of nitrogens with zero attached hydrogens (tertiary/aromatic N) is 2. The first-order chi connectivity index (χ1) is 20.8. The van der Waals surface area contributed by atoms with E-state index in [1.54, 1.807) is 67.8 Å². The van der Waals surface area contributed by atoms with E-state index in [0.717, 1.165) is 9.87 Å². The van der Waals surface area contributed by atoms with Gasteiger partial charge in [0.05, 0.1) is 24.8 Å². The quantitative estimate of drug-likeness (QED) is 0.245. The Morgan fingerprint density at radius 1 is 0.791 bits per heavy atom. The maximum Gasteiger partial charge on any atom is 0.264 e. The van der Waals surface area contributed by atoms with E-state index in [1.807, 2.05) is 36.4 Å². The molecule has 0 spiro atoms. The van der Waals surface area contributed by atoms with Gasteiger partial charge >= 0.3 is 0 Å². The Kier molecular flexibility index (Phi) is 10.4. The van der Waals surface area contributed by atoms with Crippen LogP contribution in [-0.2, 0) is 32.6 Å². The van der Waals surface area contributed by atoms with Gasteiger partial charge < -0.3 is 19.7 Å². The predicted octanol–water partition coefficient (Wildman–Crippen LogP) is 4.29. The minimum atomic E-state index is -4.22. The van der Waals surface area contributed by atoms with Gasteiger partial charge in [-0.25, -0.2) is 8.42 Å². The van der Waals surface area contributed by atoms with Crippen LogP contribution in [0.15, 0.2) is 114 Å². The van der Waals surface area contributed by atoms with Gasteiger partial charge in [0.15, 0.2) is 0 Å². The number of ether oxygens (including phenoxy) is 2. The number of benzene rings is 4. The summed E-state index contributed by atoms with van der Waals surface area (Å²) in [5.41, 5.74) is 1.76. The number of para-hydroxylation sites is 2. The fourth-order valence-electron chi connectivity index (χ4n) is 4.76. The molecule has 0 radical (unpaired) electrons. The number of likely N-dealkylation sites (N-methyl/N-ethyl adjacent to an activating group) is 1. The zero-order valence-electron chi connectivity index (χ0n) is 24.3. The molecule has 0 aromatic heterocycles. The summed E-state index contributed by atoms with van der Waals surface area (Å²) < 4.78 is 40.0. The lowest BCUT2D eigenvalue weighted by Crippen LogP contribution is -2.53. The van der Waals surface area contributed by atoms with Gasteiger partial charge in [0.25, 0.3) is 10.0 Å². The van der Waals surface area contributed by atoms with Gasteiger partial charge in [-0.1, -0.05) is 72.8 Å². The van der Waals surface area contributed by atoms with Crippen LogP contribution in [0.1, 0.15) is 11.1 Å². The summed E-state index contributed by atoms with van der Waals surface area (Å²) in [6, 6.07) is 30.1.